The zero-order valence-corrected chi connectivity index (χ0v) is 56.3. The number of unbranched alkanes of at least 4 members (excludes halogenated alkanes) is 3. The standard InChI is InChI=1S/C35H33N3O5Si.C19H15N3O5.C5H3O2.3C4H9.CH4.Sn/c1-35(2,3)44(24-13-6-4-7-14-24,25-15-8-5-9-16-25)43-22-12-20-38-23-28(26-17-10-19-36-31(26)38)30-29(32(39)37-33(30)40)27-18-11-21-42-34(27)41;23-8-3-7-22-10-13(11-4-1-6-20-16(11)22)15-14(17(24)21-18(15)25)12-5-2-9-27-19(12)26;6-5-3-1-2-4-7-5;3*1-3-4-2;;/h4-11,13-19,21,23H,12,20,22H2,1-3H3,(H,37,39,40);1-2,4-6,9-10,23H,3,7-8H2,(H,21,24,25);1-2,4H;3*1,3-4H2,2H3;1H4;. The molecule has 2 aromatic carbocycles. The monoisotopic (exact) mass is 1370 g/mol. The molecular weight excluding hydrogens is 1290 g/mol. The average molecular weight is 1370 g/mol. The zero-order chi connectivity index (χ0) is 64.7. The summed E-state index contributed by atoms with van der Waals surface area (Å²) in [6.45, 7) is 15.1. The van der Waals surface area contributed by atoms with Gasteiger partial charge in [-0.3, -0.25) is 29.8 Å². The normalized spacial score (nSPS) is 13.4. The summed E-state index contributed by atoms with van der Waals surface area (Å²) in [4.78, 5) is 96.8. The van der Waals surface area contributed by atoms with E-state index >= 15 is 0 Å². The molecule has 0 saturated carbocycles. The van der Waals surface area contributed by atoms with Crippen LogP contribution in [-0.4, -0.2) is 87.7 Å². The predicted octanol–water partition coefficient (Wildman–Crippen LogP) is 10.8. The van der Waals surface area contributed by atoms with Crippen LogP contribution in [0.2, 0.25) is 18.3 Å². The molecule has 20 heteroatoms. The number of imide groups is 2. The Hall–Kier alpha value is -8.63. The molecule has 0 saturated heterocycles. The fourth-order valence-corrected chi connectivity index (χ4v) is 33.1. The van der Waals surface area contributed by atoms with Crippen LogP contribution >= 0.6 is 0 Å². The van der Waals surface area contributed by atoms with Crippen LogP contribution in [0.5, 0.6) is 0 Å². The molecule has 9 heterocycles. The van der Waals surface area contributed by atoms with Gasteiger partial charge in [0.2, 0.25) is 0 Å². The van der Waals surface area contributed by atoms with E-state index < -0.39 is 61.6 Å². The number of nitrogens with one attached hydrogen (secondary N) is 2. The first-order valence-electron chi connectivity index (χ1n) is 31.2. The Kier molecular flexibility index (Phi) is 23.8. The van der Waals surface area contributed by atoms with Crippen molar-refractivity contribution in [2.75, 3.05) is 13.2 Å². The van der Waals surface area contributed by atoms with E-state index in [1.165, 1.54) is 105 Å². The van der Waals surface area contributed by atoms with E-state index in [2.05, 4.69) is 117 Å². The average Bonchev–Trinajstić information content (AvgIpc) is 0.996. The minimum atomic E-state index is -2.69. The number of hydrogen-bond donors (Lipinski definition) is 3. The Labute approximate surface area is 540 Å². The molecule has 2 aliphatic heterocycles. The van der Waals surface area contributed by atoms with E-state index in [-0.39, 0.29) is 58.1 Å². The van der Waals surface area contributed by atoms with Crippen LogP contribution in [0.15, 0.2) is 193 Å². The quantitative estimate of drug-likeness (QED) is 0.0289. The number of aromatic nitrogens is 4. The van der Waals surface area contributed by atoms with Gasteiger partial charge in [0.15, 0.2) is 0 Å². The Morgan fingerprint density at radius 2 is 0.902 bits per heavy atom. The molecule has 0 atom stereocenters. The summed E-state index contributed by atoms with van der Waals surface area (Å²) in [5, 5.41) is 17.4. The number of nitrogens with zero attached hydrogens (tertiary/aromatic N) is 4. The van der Waals surface area contributed by atoms with Crippen LogP contribution in [0.4, 0.5) is 0 Å². The summed E-state index contributed by atoms with van der Waals surface area (Å²) >= 11 is -2.56. The molecule has 7 aromatic heterocycles. The van der Waals surface area contributed by atoms with Crippen molar-refractivity contribution >= 4 is 109 Å². The van der Waals surface area contributed by atoms with Crippen molar-refractivity contribution in [3.63, 3.8) is 0 Å². The second kappa shape index (κ2) is 31.6. The number of hydrogen-bond acceptors (Lipinski definition) is 14. The summed E-state index contributed by atoms with van der Waals surface area (Å²) in [5.41, 5.74) is 1.20. The van der Waals surface area contributed by atoms with Gasteiger partial charge in [-0.05, 0) is 76.8 Å². The number of fused-ring (bicyclic) bond motifs is 2. The molecule has 0 bridgehead atoms. The minimum absolute atomic E-state index is 0. The minimum Gasteiger partial charge on any atom is -0.431 e. The molecule has 0 radical (unpaired) electrons. The Morgan fingerprint density at radius 3 is 1.29 bits per heavy atom. The summed E-state index contributed by atoms with van der Waals surface area (Å²) < 4.78 is 31.0. The van der Waals surface area contributed by atoms with Gasteiger partial charge in [0.1, 0.15) is 11.3 Å². The van der Waals surface area contributed by atoms with Crippen LogP contribution in [0.1, 0.15) is 123 Å². The SMILES string of the molecule is C.CC(C)(C)[Si](OCCCn1cc(C2=C(c3cccoc3=O)C(=O)NC2=O)c2cccnc21)(c1ccccc1)c1ccccc1.CCC[CH2][Sn]([CH2]CCC)([CH2]CCC)[c]1cccoc1=O.O=C1NC(=O)C(c2cn(CCCO)c3ncccc23)=C1c1cccoc1=O. The number of aryl methyl sites for hydroxylation is 2. The molecule has 11 rings (SSSR count). The van der Waals surface area contributed by atoms with Crippen LogP contribution in [0.3, 0.4) is 0 Å². The van der Waals surface area contributed by atoms with Crippen molar-refractivity contribution in [1.29, 1.82) is 0 Å². The molecule has 0 spiro atoms. The summed E-state index contributed by atoms with van der Waals surface area (Å²) in [7, 11) is -2.69. The van der Waals surface area contributed by atoms with E-state index in [0.29, 0.717) is 65.7 Å². The number of amides is 4. The molecule has 0 fully saturated rings. The third-order valence-corrected chi connectivity index (χ3v) is 37.4. The molecule has 480 valence electrons. The van der Waals surface area contributed by atoms with E-state index in [9.17, 15) is 33.6 Å². The molecule has 9 aromatic rings. The van der Waals surface area contributed by atoms with Crippen LogP contribution in [0.25, 0.3) is 44.4 Å². The number of rotatable bonds is 24. The van der Waals surface area contributed by atoms with Crippen molar-refractivity contribution in [1.82, 2.24) is 29.7 Å². The van der Waals surface area contributed by atoms with Gasteiger partial charge in [0, 0.05) is 73.0 Å². The van der Waals surface area contributed by atoms with Crippen LogP contribution < -0.4 is 41.5 Å². The van der Waals surface area contributed by atoms with E-state index in [1.807, 2.05) is 39.6 Å². The largest absolute Gasteiger partial charge is 0.431 e. The molecule has 92 heavy (non-hydrogen) atoms. The number of pyridine rings is 2. The van der Waals surface area contributed by atoms with Crippen LogP contribution in [-0.2, 0) is 36.7 Å². The number of benzene rings is 2. The first kappa shape index (κ1) is 69.3. The maximum atomic E-state index is 13.1. The van der Waals surface area contributed by atoms with E-state index in [1.54, 1.807) is 36.8 Å². The van der Waals surface area contributed by atoms with Crippen molar-refractivity contribution < 1.29 is 42.0 Å². The van der Waals surface area contributed by atoms with Crippen molar-refractivity contribution in [2.24, 2.45) is 0 Å². The third-order valence-electron chi connectivity index (χ3n) is 16.9. The fraction of sp³-hybridized carbons (Fsp3) is 0.319. The Balaban J connectivity index is 0.000000194. The Bertz CT molecular complexity index is 4250. The number of aliphatic hydroxyl groups excluding tert-OH is 1. The van der Waals surface area contributed by atoms with Crippen molar-refractivity contribution in [2.45, 2.75) is 132 Å². The smallest absolute Gasteiger partial charge is 0.343 e. The predicted molar refractivity (Wildman–Crippen MR) is 365 cm³/mol. The number of aliphatic hydroxyl groups is 1. The van der Waals surface area contributed by atoms with Crippen molar-refractivity contribution in [3.8, 4) is 0 Å². The number of carbonyl (C=O) groups is 4. The van der Waals surface area contributed by atoms with Crippen molar-refractivity contribution in [3.05, 3.63) is 218 Å². The van der Waals surface area contributed by atoms with Gasteiger partial charge in [0.05, 0.1) is 45.9 Å². The first-order valence-corrected chi connectivity index (χ1v) is 40.6. The second-order valence-electron chi connectivity index (χ2n) is 23.8. The van der Waals surface area contributed by atoms with Gasteiger partial charge in [-0.15, -0.1) is 0 Å². The molecule has 3 N–H and O–H groups in total. The first-order chi connectivity index (χ1) is 44.0. The van der Waals surface area contributed by atoms with Crippen LogP contribution in [0, 0.1) is 0 Å². The second-order valence-corrected chi connectivity index (χ2v) is 41.2. The van der Waals surface area contributed by atoms with Gasteiger partial charge >= 0.3 is 139 Å². The molecule has 2 aliphatic rings. The third kappa shape index (κ3) is 14.8. The van der Waals surface area contributed by atoms with Gasteiger partial charge in [-0.2, -0.15) is 0 Å². The summed E-state index contributed by atoms with van der Waals surface area (Å²) in [6.07, 6.45) is 19.6. The molecule has 0 unspecified atom stereocenters. The van der Waals surface area contributed by atoms with Gasteiger partial charge < -0.3 is 27.5 Å². The van der Waals surface area contributed by atoms with Gasteiger partial charge in [-0.25, -0.2) is 19.6 Å². The topological polar surface area (TPSA) is 248 Å². The maximum Gasteiger partial charge on any atom is 0.343 e. The van der Waals surface area contributed by atoms with Gasteiger partial charge in [0.25, 0.3) is 31.9 Å². The number of carbonyl (C=O) groups excluding carboxylic acids is 4. The molecule has 4 amide bonds. The molecule has 0 aliphatic carbocycles. The fourth-order valence-electron chi connectivity index (χ4n) is 12.6. The zero-order valence-electron chi connectivity index (χ0n) is 52.4. The Morgan fingerprint density at radius 1 is 0.500 bits per heavy atom. The molecule has 18 nitrogen and oxygen atoms in total. The van der Waals surface area contributed by atoms with E-state index in [4.69, 9.17) is 22.8 Å². The summed E-state index contributed by atoms with van der Waals surface area (Å²) in [5.74, 6) is -2.42. The maximum absolute atomic E-state index is 13.1. The van der Waals surface area contributed by atoms with E-state index in [0.717, 1.165) is 3.58 Å². The summed E-state index contributed by atoms with van der Waals surface area (Å²) in [6, 6.07) is 38.2. The molecular formula is C72H82N6O12SiSn. The van der Waals surface area contributed by atoms with Gasteiger partial charge in [-0.1, -0.05) is 88.9 Å².